The van der Waals surface area contributed by atoms with Crippen molar-refractivity contribution in [3.05, 3.63) is 23.8 Å². The monoisotopic (exact) mass is 242 g/mol. The highest BCUT2D eigenvalue weighted by Gasteiger charge is 2.35. The van der Waals surface area contributed by atoms with E-state index < -0.39 is 0 Å². The van der Waals surface area contributed by atoms with E-state index in [1.165, 1.54) is 0 Å². The Bertz CT molecular complexity index is 543. The Morgan fingerprint density at radius 3 is 2.94 bits per heavy atom. The van der Waals surface area contributed by atoms with E-state index in [4.69, 9.17) is 0 Å². The minimum Gasteiger partial charge on any atom is -0.312 e. The molecule has 0 N–H and O–H groups in total. The molecule has 0 radical (unpaired) electrons. The zero-order valence-electron chi connectivity index (χ0n) is 10.1. The summed E-state index contributed by atoms with van der Waals surface area (Å²) in [6, 6.07) is 5.54. The summed E-state index contributed by atoms with van der Waals surface area (Å²) in [6.07, 6.45) is 5.51. The van der Waals surface area contributed by atoms with E-state index in [1.807, 2.05) is 17.0 Å². The van der Waals surface area contributed by atoms with Crippen LogP contribution in [-0.2, 0) is 16.0 Å². The van der Waals surface area contributed by atoms with Crippen molar-refractivity contribution in [2.75, 3.05) is 11.4 Å². The maximum absolute atomic E-state index is 12.2. The summed E-state index contributed by atoms with van der Waals surface area (Å²) in [4.78, 5) is 27.9. The molecule has 92 valence electrons. The molecule has 4 nitrogen and oxygen atoms in total. The summed E-state index contributed by atoms with van der Waals surface area (Å²) in [5.41, 5.74) is 2.71. The molecule has 3 rings (SSSR count). The van der Waals surface area contributed by atoms with Crippen molar-refractivity contribution in [3.8, 4) is 0 Å². The van der Waals surface area contributed by atoms with Gasteiger partial charge in [0.2, 0.25) is 12.0 Å². The third-order valence-corrected chi connectivity index (χ3v) is 3.55. The highest BCUT2D eigenvalue weighted by Crippen LogP contribution is 2.36. The number of benzene rings is 1. The van der Waals surface area contributed by atoms with E-state index in [9.17, 15) is 9.59 Å². The Hall–Kier alpha value is -1.93. The van der Waals surface area contributed by atoms with Crippen LogP contribution in [0.25, 0.3) is 0 Å². The van der Waals surface area contributed by atoms with Crippen LogP contribution in [0.5, 0.6) is 0 Å². The molecular weight excluding hydrogens is 228 g/mol. The molecule has 0 saturated heterocycles. The van der Waals surface area contributed by atoms with Gasteiger partial charge in [-0.15, -0.1) is 0 Å². The fourth-order valence-electron chi connectivity index (χ4n) is 2.49. The lowest BCUT2D eigenvalue weighted by Crippen LogP contribution is -2.36. The second kappa shape index (κ2) is 4.39. The normalized spacial score (nSPS) is 17.9. The minimum atomic E-state index is 0.239. The third kappa shape index (κ3) is 1.95. The number of nitrogens with zero attached hydrogens (tertiary/aromatic N) is 2. The second-order valence-electron chi connectivity index (χ2n) is 4.88. The van der Waals surface area contributed by atoms with Crippen LogP contribution in [0, 0.1) is 5.92 Å². The molecule has 1 aromatic carbocycles. The smallest absolute Gasteiger partial charge is 0.240 e. The van der Waals surface area contributed by atoms with E-state index in [0.29, 0.717) is 5.69 Å². The van der Waals surface area contributed by atoms with Gasteiger partial charge in [0.15, 0.2) is 0 Å². The number of rotatable bonds is 2. The molecule has 1 aliphatic carbocycles. The summed E-state index contributed by atoms with van der Waals surface area (Å²) in [5.74, 6) is 0.492. The van der Waals surface area contributed by atoms with Crippen LogP contribution in [0.1, 0.15) is 24.8 Å². The molecule has 1 aromatic rings. The van der Waals surface area contributed by atoms with Crippen molar-refractivity contribution in [1.82, 2.24) is 0 Å². The number of isocyanates is 1. The van der Waals surface area contributed by atoms with Crippen molar-refractivity contribution in [2.45, 2.75) is 25.7 Å². The van der Waals surface area contributed by atoms with Gasteiger partial charge in [0.05, 0.1) is 5.69 Å². The van der Waals surface area contributed by atoms with E-state index >= 15 is 0 Å². The van der Waals surface area contributed by atoms with Gasteiger partial charge in [0.25, 0.3) is 0 Å². The number of fused-ring (bicyclic) bond motifs is 1. The molecule has 1 fully saturated rings. The Balaban J connectivity index is 1.95. The van der Waals surface area contributed by atoms with E-state index in [1.54, 1.807) is 12.1 Å². The van der Waals surface area contributed by atoms with Gasteiger partial charge in [0, 0.05) is 18.2 Å². The standard InChI is InChI=1S/C14H14N2O2/c17-9-15-12-5-6-13-11(8-12)2-1-7-16(13)14(18)10-3-4-10/h5-6,8,10H,1-4,7H2. The van der Waals surface area contributed by atoms with Crippen molar-refractivity contribution in [3.63, 3.8) is 0 Å². The van der Waals surface area contributed by atoms with Crippen LogP contribution in [0.2, 0.25) is 0 Å². The number of aliphatic imine (C=N–C) groups is 1. The van der Waals surface area contributed by atoms with Gasteiger partial charge < -0.3 is 4.90 Å². The number of carbonyl (C=O) groups is 1. The average Bonchev–Trinajstić information content (AvgIpc) is 3.21. The zero-order valence-corrected chi connectivity index (χ0v) is 10.1. The Morgan fingerprint density at radius 1 is 1.39 bits per heavy atom. The van der Waals surface area contributed by atoms with Crippen LogP contribution in [-0.4, -0.2) is 18.5 Å². The maximum Gasteiger partial charge on any atom is 0.240 e. The van der Waals surface area contributed by atoms with Crippen LogP contribution in [0.15, 0.2) is 23.2 Å². The molecule has 0 atom stereocenters. The largest absolute Gasteiger partial charge is 0.312 e. The number of amides is 1. The SMILES string of the molecule is O=C=Nc1ccc2c(c1)CCCN2C(=O)C1CC1. The van der Waals surface area contributed by atoms with E-state index in [-0.39, 0.29) is 11.8 Å². The first-order valence-corrected chi connectivity index (χ1v) is 6.32. The Labute approximate surface area is 105 Å². The van der Waals surface area contributed by atoms with Gasteiger partial charge in [-0.25, -0.2) is 4.79 Å². The predicted octanol–water partition coefficient (Wildman–Crippen LogP) is 2.34. The molecule has 0 unspecified atom stereocenters. The molecule has 1 saturated carbocycles. The lowest BCUT2D eigenvalue weighted by molar-refractivity contribution is -0.119. The van der Waals surface area contributed by atoms with Gasteiger partial charge >= 0.3 is 0 Å². The van der Waals surface area contributed by atoms with Gasteiger partial charge in [-0.1, -0.05) is 0 Å². The van der Waals surface area contributed by atoms with Gasteiger partial charge in [-0.2, -0.15) is 4.99 Å². The Kier molecular flexibility index (Phi) is 2.73. The minimum absolute atomic E-state index is 0.239. The van der Waals surface area contributed by atoms with Crippen molar-refractivity contribution in [2.24, 2.45) is 10.9 Å². The first-order valence-electron chi connectivity index (χ1n) is 6.32. The molecule has 0 spiro atoms. The lowest BCUT2D eigenvalue weighted by atomic mass is 10.0. The number of hydrogen-bond acceptors (Lipinski definition) is 3. The highest BCUT2D eigenvalue weighted by molar-refractivity contribution is 5.97. The molecule has 0 aromatic heterocycles. The second-order valence-corrected chi connectivity index (χ2v) is 4.88. The van der Waals surface area contributed by atoms with E-state index in [0.717, 1.165) is 43.5 Å². The fraction of sp³-hybridized carbons (Fsp3) is 0.429. The molecule has 18 heavy (non-hydrogen) atoms. The summed E-state index contributed by atoms with van der Waals surface area (Å²) < 4.78 is 0. The van der Waals surface area contributed by atoms with Crippen LogP contribution >= 0.6 is 0 Å². The lowest BCUT2D eigenvalue weighted by Gasteiger charge is -2.29. The van der Waals surface area contributed by atoms with Crippen LogP contribution in [0.4, 0.5) is 11.4 Å². The predicted molar refractivity (Wildman–Crippen MR) is 67.6 cm³/mol. The van der Waals surface area contributed by atoms with Crippen molar-refractivity contribution < 1.29 is 9.59 Å². The topological polar surface area (TPSA) is 49.7 Å². The molecule has 1 heterocycles. The van der Waals surface area contributed by atoms with Crippen LogP contribution in [0.3, 0.4) is 0 Å². The highest BCUT2D eigenvalue weighted by atomic mass is 16.2. The summed E-state index contributed by atoms with van der Waals surface area (Å²) in [5, 5.41) is 0. The summed E-state index contributed by atoms with van der Waals surface area (Å²) >= 11 is 0. The van der Waals surface area contributed by atoms with Crippen molar-refractivity contribution >= 4 is 23.4 Å². The molecule has 4 heteroatoms. The zero-order chi connectivity index (χ0) is 12.5. The van der Waals surface area contributed by atoms with Crippen LogP contribution < -0.4 is 4.90 Å². The van der Waals surface area contributed by atoms with Gasteiger partial charge in [0.1, 0.15) is 0 Å². The fourth-order valence-corrected chi connectivity index (χ4v) is 2.49. The molecule has 1 amide bonds. The quantitative estimate of drug-likeness (QED) is 0.590. The maximum atomic E-state index is 12.2. The van der Waals surface area contributed by atoms with Gasteiger partial charge in [-0.05, 0) is 49.4 Å². The summed E-state index contributed by atoms with van der Waals surface area (Å²) in [6.45, 7) is 0.804. The molecule has 2 aliphatic rings. The number of hydrogen-bond donors (Lipinski definition) is 0. The first kappa shape index (κ1) is 11.2. The van der Waals surface area contributed by atoms with E-state index in [2.05, 4.69) is 4.99 Å². The number of aryl methyl sites for hydroxylation is 1. The molecular formula is C14H14N2O2. The Morgan fingerprint density at radius 2 is 2.22 bits per heavy atom. The third-order valence-electron chi connectivity index (χ3n) is 3.55. The summed E-state index contributed by atoms with van der Waals surface area (Å²) in [7, 11) is 0. The molecule has 1 aliphatic heterocycles. The number of anilines is 1. The molecule has 0 bridgehead atoms. The average molecular weight is 242 g/mol. The first-order chi connectivity index (χ1) is 8.79. The van der Waals surface area contributed by atoms with Gasteiger partial charge in [-0.3, -0.25) is 4.79 Å². The van der Waals surface area contributed by atoms with Crippen molar-refractivity contribution in [1.29, 1.82) is 0 Å². The number of carbonyl (C=O) groups excluding carboxylic acids is 2.